The summed E-state index contributed by atoms with van der Waals surface area (Å²) in [6, 6.07) is 8.19. The van der Waals surface area contributed by atoms with E-state index in [0.717, 1.165) is 10.5 Å². The highest BCUT2D eigenvalue weighted by Crippen LogP contribution is 2.33. The largest absolute Gasteiger partial charge is 0.480 e. The Labute approximate surface area is 186 Å². The lowest BCUT2D eigenvalue weighted by Crippen LogP contribution is -2.55. The van der Waals surface area contributed by atoms with Crippen molar-refractivity contribution in [1.29, 1.82) is 0 Å². The van der Waals surface area contributed by atoms with Gasteiger partial charge in [-0.05, 0) is 31.7 Å². The van der Waals surface area contributed by atoms with Crippen LogP contribution in [0.4, 0.5) is 0 Å². The van der Waals surface area contributed by atoms with E-state index in [1.165, 1.54) is 16.7 Å². The Morgan fingerprint density at radius 2 is 2.10 bits per heavy atom. The number of fused-ring (bicyclic) bond motifs is 1. The van der Waals surface area contributed by atoms with Crippen LogP contribution in [0, 0.1) is 0 Å². The summed E-state index contributed by atoms with van der Waals surface area (Å²) in [5, 5.41) is 12.6. The maximum absolute atomic E-state index is 13.3. The molecule has 1 saturated heterocycles. The zero-order chi connectivity index (χ0) is 22.2. The summed E-state index contributed by atoms with van der Waals surface area (Å²) < 4.78 is 5.24. The van der Waals surface area contributed by atoms with Crippen LogP contribution in [-0.4, -0.2) is 64.9 Å². The minimum atomic E-state index is -1.06. The topological polar surface area (TPSA) is 95.9 Å². The first kappa shape index (κ1) is 23.1. The van der Waals surface area contributed by atoms with Gasteiger partial charge >= 0.3 is 11.9 Å². The highest BCUT2D eigenvalue weighted by molar-refractivity contribution is 8.03. The van der Waals surface area contributed by atoms with Crippen LogP contribution >= 0.6 is 11.8 Å². The fraction of sp³-hybridized carbons (Fsp3) is 0.435. The van der Waals surface area contributed by atoms with Crippen LogP contribution in [0.2, 0.25) is 0 Å². The number of carbonyl (C=O) groups is 3. The monoisotopic (exact) mass is 444 g/mol. The third-order valence-corrected chi connectivity index (χ3v) is 6.54. The number of hydrogen-bond donors (Lipinski definition) is 2. The number of ether oxygens (including phenoxy) is 1. The van der Waals surface area contributed by atoms with Crippen LogP contribution in [-0.2, 0) is 25.5 Å². The molecule has 166 valence electrons. The number of esters is 1. The van der Waals surface area contributed by atoms with Crippen LogP contribution in [0.25, 0.3) is 0 Å². The minimum Gasteiger partial charge on any atom is -0.480 e. The number of carboxylic acids is 1. The Kier molecular flexibility index (Phi) is 8.31. The summed E-state index contributed by atoms with van der Waals surface area (Å²) >= 11 is 1.53. The van der Waals surface area contributed by atoms with Gasteiger partial charge in [0.1, 0.15) is 12.6 Å². The fourth-order valence-corrected chi connectivity index (χ4v) is 4.98. The maximum atomic E-state index is 13.3. The van der Waals surface area contributed by atoms with E-state index in [2.05, 4.69) is 5.32 Å². The van der Waals surface area contributed by atoms with Crippen molar-refractivity contribution in [2.45, 2.75) is 44.3 Å². The van der Waals surface area contributed by atoms with Gasteiger partial charge in [-0.2, -0.15) is 0 Å². The average Bonchev–Trinajstić information content (AvgIpc) is 2.89. The van der Waals surface area contributed by atoms with Crippen molar-refractivity contribution >= 4 is 29.6 Å². The molecule has 1 aliphatic heterocycles. The first-order valence-corrected chi connectivity index (χ1v) is 11.5. The molecule has 1 fully saturated rings. The van der Waals surface area contributed by atoms with Gasteiger partial charge in [-0.3, -0.25) is 19.7 Å². The molecule has 7 nitrogen and oxygen atoms in total. The lowest BCUT2D eigenvalue weighted by atomic mass is 10.0. The van der Waals surface area contributed by atoms with Crippen molar-refractivity contribution in [3.63, 3.8) is 0 Å². The molecule has 0 aromatic heterocycles. The summed E-state index contributed by atoms with van der Waals surface area (Å²) in [6.07, 6.45) is 7.51. The molecule has 0 radical (unpaired) electrons. The number of thioether (sulfide) groups is 1. The summed E-state index contributed by atoms with van der Waals surface area (Å²) in [4.78, 5) is 39.7. The van der Waals surface area contributed by atoms with E-state index >= 15 is 0 Å². The molecular formula is C23H28N2O5S. The van der Waals surface area contributed by atoms with E-state index in [1.807, 2.05) is 48.6 Å². The van der Waals surface area contributed by atoms with Crippen LogP contribution in [0.15, 0.2) is 53.5 Å². The first-order chi connectivity index (χ1) is 15.0. The number of aryl methyl sites for hydroxylation is 1. The fourth-order valence-electron chi connectivity index (χ4n) is 3.79. The van der Waals surface area contributed by atoms with E-state index in [0.29, 0.717) is 25.0 Å². The second kappa shape index (κ2) is 11.2. The predicted molar refractivity (Wildman–Crippen MR) is 120 cm³/mol. The number of hydrogen-bond acceptors (Lipinski definition) is 6. The number of nitrogens with one attached hydrogen (secondary N) is 1. The van der Waals surface area contributed by atoms with Gasteiger partial charge in [-0.1, -0.05) is 48.6 Å². The zero-order valence-corrected chi connectivity index (χ0v) is 18.3. The third-order valence-electron chi connectivity index (χ3n) is 5.30. The summed E-state index contributed by atoms with van der Waals surface area (Å²) in [5.74, 6) is -1.33. The number of aliphatic carboxylic acids is 1. The van der Waals surface area contributed by atoms with Gasteiger partial charge in [-0.15, -0.1) is 11.8 Å². The van der Waals surface area contributed by atoms with Crippen molar-refractivity contribution in [3.05, 3.63) is 59.0 Å². The maximum Gasteiger partial charge on any atom is 0.323 e. The average molecular weight is 445 g/mol. The Bertz CT molecular complexity index is 855. The number of rotatable bonds is 9. The normalized spacial score (nSPS) is 21.6. The second-order valence-electron chi connectivity index (χ2n) is 7.47. The van der Waals surface area contributed by atoms with Crippen LogP contribution in [0.3, 0.4) is 0 Å². The van der Waals surface area contributed by atoms with Crippen molar-refractivity contribution in [3.8, 4) is 0 Å². The van der Waals surface area contributed by atoms with E-state index < -0.39 is 24.0 Å². The molecule has 0 spiro atoms. The Balaban J connectivity index is 1.77. The van der Waals surface area contributed by atoms with Gasteiger partial charge in [0.15, 0.2) is 0 Å². The number of nitrogens with zero attached hydrogens (tertiary/aromatic N) is 1. The number of carboxylic acid groups (broad SMARTS) is 1. The molecular weight excluding hydrogens is 416 g/mol. The molecule has 3 rings (SSSR count). The van der Waals surface area contributed by atoms with Gasteiger partial charge in [0, 0.05) is 10.7 Å². The van der Waals surface area contributed by atoms with Gasteiger partial charge in [-0.25, -0.2) is 0 Å². The molecule has 1 amide bonds. The standard InChI is InChI=1S/C23H28N2O5S/c1-2-30-23(29)17(13-12-16-8-4-3-5-9-16)24-18-15-31-20-11-7-6-10-19(20)25(22(18)28)14-21(26)27/h3-9,11,17-19,24H,2,10,12-15H2,1H3,(H,26,27). The SMILES string of the molecule is CCOC(=O)C(CCc1ccccc1)NC1CSC2=CC=CCC2N(CC(=O)O)C1=O. The molecule has 3 atom stereocenters. The van der Waals surface area contributed by atoms with Gasteiger partial charge in [0.05, 0.1) is 18.7 Å². The molecule has 1 aromatic rings. The second-order valence-corrected chi connectivity index (χ2v) is 8.56. The van der Waals surface area contributed by atoms with Crippen molar-refractivity contribution in [2.24, 2.45) is 0 Å². The van der Waals surface area contributed by atoms with E-state index in [9.17, 15) is 19.5 Å². The first-order valence-electron chi connectivity index (χ1n) is 10.5. The smallest absolute Gasteiger partial charge is 0.323 e. The number of amides is 1. The summed E-state index contributed by atoms with van der Waals surface area (Å²) in [6.45, 7) is 1.63. The summed E-state index contributed by atoms with van der Waals surface area (Å²) in [7, 11) is 0. The minimum absolute atomic E-state index is 0.251. The third kappa shape index (κ3) is 6.21. The Hall–Kier alpha value is -2.58. The quantitative estimate of drug-likeness (QED) is 0.565. The number of allylic oxidation sites excluding steroid dienone is 2. The zero-order valence-electron chi connectivity index (χ0n) is 17.5. The summed E-state index contributed by atoms with van der Waals surface area (Å²) in [5.41, 5.74) is 1.09. The molecule has 31 heavy (non-hydrogen) atoms. The highest BCUT2D eigenvalue weighted by Gasteiger charge is 2.38. The molecule has 2 aliphatic rings. The van der Waals surface area contributed by atoms with Crippen LogP contribution in [0.1, 0.15) is 25.3 Å². The lowest BCUT2D eigenvalue weighted by Gasteiger charge is -2.32. The molecule has 2 N–H and O–H groups in total. The molecule has 0 bridgehead atoms. The van der Waals surface area contributed by atoms with E-state index in [1.54, 1.807) is 6.92 Å². The van der Waals surface area contributed by atoms with Crippen molar-refractivity contribution in [1.82, 2.24) is 10.2 Å². The van der Waals surface area contributed by atoms with Gasteiger partial charge in [0.25, 0.3) is 0 Å². The van der Waals surface area contributed by atoms with Gasteiger partial charge < -0.3 is 14.7 Å². The predicted octanol–water partition coefficient (Wildman–Crippen LogP) is 2.38. The molecule has 0 saturated carbocycles. The molecule has 1 aromatic carbocycles. The Morgan fingerprint density at radius 3 is 2.81 bits per heavy atom. The highest BCUT2D eigenvalue weighted by atomic mass is 32.2. The number of benzene rings is 1. The lowest BCUT2D eigenvalue weighted by molar-refractivity contribution is -0.148. The van der Waals surface area contributed by atoms with Gasteiger partial charge in [0.2, 0.25) is 5.91 Å². The molecule has 8 heteroatoms. The molecule has 3 unspecified atom stereocenters. The Morgan fingerprint density at radius 1 is 1.32 bits per heavy atom. The number of carbonyl (C=O) groups excluding carboxylic acids is 2. The van der Waals surface area contributed by atoms with E-state index in [-0.39, 0.29) is 25.1 Å². The van der Waals surface area contributed by atoms with Crippen LogP contribution in [0.5, 0.6) is 0 Å². The van der Waals surface area contributed by atoms with Crippen molar-refractivity contribution < 1.29 is 24.2 Å². The van der Waals surface area contributed by atoms with Crippen LogP contribution < -0.4 is 5.32 Å². The molecule has 1 heterocycles. The molecule has 1 aliphatic carbocycles. The van der Waals surface area contributed by atoms with Crippen molar-refractivity contribution in [2.75, 3.05) is 18.9 Å². The van der Waals surface area contributed by atoms with E-state index in [4.69, 9.17) is 4.74 Å².